The van der Waals surface area contributed by atoms with Gasteiger partial charge >= 0.3 is 0 Å². The van der Waals surface area contributed by atoms with Crippen LogP contribution in [-0.2, 0) is 4.74 Å². The number of fused-ring (bicyclic) bond motifs is 1. The van der Waals surface area contributed by atoms with Gasteiger partial charge in [-0.05, 0) is 24.5 Å². The number of hydrogen-bond donors (Lipinski definition) is 1. The molecule has 1 fully saturated rings. The molecule has 1 aromatic carbocycles. The fourth-order valence-electron chi connectivity index (χ4n) is 3.02. The molecule has 2 N–H and O–H groups in total. The number of anilines is 2. The van der Waals surface area contributed by atoms with Crippen molar-refractivity contribution in [3.8, 4) is 0 Å². The van der Waals surface area contributed by atoms with Crippen molar-refractivity contribution < 1.29 is 4.74 Å². The van der Waals surface area contributed by atoms with Gasteiger partial charge in [-0.3, -0.25) is 4.98 Å². The first-order chi connectivity index (χ1) is 9.70. The van der Waals surface area contributed by atoms with Gasteiger partial charge in [0.25, 0.3) is 0 Å². The summed E-state index contributed by atoms with van der Waals surface area (Å²) >= 11 is 0. The molecule has 3 rings (SSSR count). The Bertz CT molecular complexity index is 614. The molecule has 0 bridgehead atoms. The lowest BCUT2D eigenvalue weighted by atomic mass is 9.95. The number of nitrogen functional groups attached to an aromatic ring is 1. The molecule has 106 valence electrons. The summed E-state index contributed by atoms with van der Waals surface area (Å²) < 4.78 is 5.61. The number of benzene rings is 1. The average molecular weight is 271 g/mol. The van der Waals surface area contributed by atoms with E-state index >= 15 is 0 Å². The zero-order chi connectivity index (χ0) is 14.1. The molecule has 4 nitrogen and oxygen atoms in total. The standard InChI is InChI=1S/C16H21N3O/c1-11-7-9-19(10-15(11)20-2)14-6-8-18-16-12(14)4-3-5-13(16)17/h3-6,8,11,15H,7,9-10,17H2,1-2H3. The number of methoxy groups -OCH3 is 1. The van der Waals surface area contributed by atoms with Crippen LogP contribution in [0.25, 0.3) is 10.9 Å². The Hall–Kier alpha value is -1.81. The van der Waals surface area contributed by atoms with Gasteiger partial charge in [0.2, 0.25) is 0 Å². The lowest BCUT2D eigenvalue weighted by Gasteiger charge is -2.38. The third-order valence-corrected chi connectivity index (χ3v) is 4.31. The van der Waals surface area contributed by atoms with Crippen LogP contribution in [0.2, 0.25) is 0 Å². The van der Waals surface area contributed by atoms with Crippen LogP contribution in [0, 0.1) is 5.92 Å². The normalized spacial score (nSPS) is 23.2. The van der Waals surface area contributed by atoms with Gasteiger partial charge in [-0.15, -0.1) is 0 Å². The molecule has 1 aliphatic heterocycles. The quantitative estimate of drug-likeness (QED) is 0.853. The number of ether oxygens (including phenoxy) is 1. The minimum absolute atomic E-state index is 0.285. The van der Waals surface area contributed by atoms with Gasteiger partial charge in [0, 0.05) is 37.5 Å². The van der Waals surface area contributed by atoms with E-state index in [-0.39, 0.29) is 6.10 Å². The van der Waals surface area contributed by atoms with E-state index < -0.39 is 0 Å². The molecule has 2 atom stereocenters. The third kappa shape index (κ3) is 2.20. The van der Waals surface area contributed by atoms with E-state index in [1.807, 2.05) is 18.3 Å². The Morgan fingerprint density at radius 2 is 2.20 bits per heavy atom. The summed E-state index contributed by atoms with van der Waals surface area (Å²) in [7, 11) is 1.80. The maximum absolute atomic E-state index is 6.02. The van der Waals surface area contributed by atoms with Crippen molar-refractivity contribution in [3.05, 3.63) is 30.5 Å². The monoisotopic (exact) mass is 271 g/mol. The second kappa shape index (κ2) is 5.29. The molecular formula is C16H21N3O. The first kappa shape index (κ1) is 13.2. The molecule has 20 heavy (non-hydrogen) atoms. The van der Waals surface area contributed by atoms with Gasteiger partial charge in [-0.2, -0.15) is 0 Å². The molecule has 1 aromatic heterocycles. The topological polar surface area (TPSA) is 51.4 Å². The van der Waals surface area contributed by atoms with Gasteiger partial charge in [-0.1, -0.05) is 19.1 Å². The number of rotatable bonds is 2. The second-order valence-electron chi connectivity index (χ2n) is 5.56. The van der Waals surface area contributed by atoms with Crippen molar-refractivity contribution >= 4 is 22.3 Å². The number of piperidine rings is 1. The number of para-hydroxylation sites is 1. The maximum Gasteiger partial charge on any atom is 0.0951 e. The van der Waals surface area contributed by atoms with E-state index in [9.17, 15) is 0 Å². The van der Waals surface area contributed by atoms with Crippen molar-refractivity contribution in [1.29, 1.82) is 0 Å². The average Bonchev–Trinajstić information content (AvgIpc) is 2.48. The van der Waals surface area contributed by atoms with Crippen LogP contribution in [0.5, 0.6) is 0 Å². The van der Waals surface area contributed by atoms with Gasteiger partial charge in [0.05, 0.1) is 17.3 Å². The molecule has 1 saturated heterocycles. The van der Waals surface area contributed by atoms with E-state index in [2.05, 4.69) is 28.9 Å². The molecule has 2 unspecified atom stereocenters. The van der Waals surface area contributed by atoms with E-state index in [1.54, 1.807) is 7.11 Å². The highest BCUT2D eigenvalue weighted by molar-refractivity contribution is 5.98. The molecule has 2 heterocycles. The molecule has 0 aliphatic carbocycles. The van der Waals surface area contributed by atoms with E-state index in [0.29, 0.717) is 5.92 Å². The van der Waals surface area contributed by atoms with Crippen molar-refractivity contribution in [2.24, 2.45) is 5.92 Å². The minimum atomic E-state index is 0.285. The van der Waals surface area contributed by atoms with Crippen LogP contribution in [0.4, 0.5) is 11.4 Å². The molecular weight excluding hydrogens is 250 g/mol. The Balaban J connectivity index is 2.00. The smallest absolute Gasteiger partial charge is 0.0951 e. The zero-order valence-electron chi connectivity index (χ0n) is 12.0. The predicted octanol–water partition coefficient (Wildman–Crippen LogP) is 2.68. The number of nitrogens with zero attached hydrogens (tertiary/aromatic N) is 2. The predicted molar refractivity (Wildman–Crippen MR) is 82.9 cm³/mol. The van der Waals surface area contributed by atoms with Crippen LogP contribution in [0.1, 0.15) is 13.3 Å². The van der Waals surface area contributed by atoms with E-state index in [4.69, 9.17) is 10.5 Å². The van der Waals surface area contributed by atoms with E-state index in [1.165, 1.54) is 5.69 Å². The summed E-state index contributed by atoms with van der Waals surface area (Å²) in [6.45, 7) is 4.23. The van der Waals surface area contributed by atoms with Gasteiger partial charge in [-0.25, -0.2) is 0 Å². The molecule has 0 saturated carbocycles. The second-order valence-corrected chi connectivity index (χ2v) is 5.56. The Kier molecular flexibility index (Phi) is 3.49. The fraction of sp³-hybridized carbons (Fsp3) is 0.438. The highest BCUT2D eigenvalue weighted by Crippen LogP contribution is 2.31. The summed E-state index contributed by atoms with van der Waals surface area (Å²) in [5.41, 5.74) is 8.85. The summed E-state index contributed by atoms with van der Waals surface area (Å²) in [6.07, 6.45) is 3.27. The number of hydrogen-bond acceptors (Lipinski definition) is 4. The largest absolute Gasteiger partial charge is 0.397 e. The van der Waals surface area contributed by atoms with Gasteiger partial charge in [0.15, 0.2) is 0 Å². The van der Waals surface area contributed by atoms with Crippen LogP contribution in [0.15, 0.2) is 30.5 Å². The lowest BCUT2D eigenvalue weighted by Crippen LogP contribution is -2.44. The van der Waals surface area contributed by atoms with Crippen molar-refractivity contribution in [2.45, 2.75) is 19.4 Å². The van der Waals surface area contributed by atoms with Crippen LogP contribution >= 0.6 is 0 Å². The van der Waals surface area contributed by atoms with Crippen molar-refractivity contribution in [3.63, 3.8) is 0 Å². The summed E-state index contributed by atoms with van der Waals surface area (Å²) in [4.78, 5) is 6.79. The van der Waals surface area contributed by atoms with Crippen LogP contribution in [0.3, 0.4) is 0 Å². The first-order valence-corrected chi connectivity index (χ1v) is 7.11. The number of nitrogens with two attached hydrogens (primary N) is 1. The summed E-state index contributed by atoms with van der Waals surface area (Å²) in [5, 5.41) is 1.12. The highest BCUT2D eigenvalue weighted by atomic mass is 16.5. The van der Waals surface area contributed by atoms with Crippen molar-refractivity contribution in [1.82, 2.24) is 4.98 Å². The van der Waals surface area contributed by atoms with Crippen LogP contribution < -0.4 is 10.6 Å². The Morgan fingerprint density at radius 1 is 1.35 bits per heavy atom. The maximum atomic E-state index is 6.02. The van der Waals surface area contributed by atoms with E-state index in [0.717, 1.165) is 36.1 Å². The van der Waals surface area contributed by atoms with Crippen LogP contribution in [-0.4, -0.2) is 31.3 Å². The molecule has 0 spiro atoms. The Labute approximate surface area is 119 Å². The molecule has 1 aliphatic rings. The number of pyridine rings is 1. The highest BCUT2D eigenvalue weighted by Gasteiger charge is 2.27. The third-order valence-electron chi connectivity index (χ3n) is 4.31. The SMILES string of the molecule is COC1CN(c2ccnc3c(N)cccc23)CCC1C. The lowest BCUT2D eigenvalue weighted by molar-refractivity contribution is 0.0499. The fourth-order valence-corrected chi connectivity index (χ4v) is 3.02. The Morgan fingerprint density at radius 3 is 3.00 bits per heavy atom. The van der Waals surface area contributed by atoms with Crippen molar-refractivity contribution in [2.75, 3.05) is 30.8 Å². The molecule has 0 amide bonds. The zero-order valence-corrected chi connectivity index (χ0v) is 12.0. The molecule has 0 radical (unpaired) electrons. The molecule has 2 aromatic rings. The first-order valence-electron chi connectivity index (χ1n) is 7.11. The minimum Gasteiger partial charge on any atom is -0.397 e. The summed E-state index contributed by atoms with van der Waals surface area (Å²) in [5.74, 6) is 0.606. The van der Waals surface area contributed by atoms with Gasteiger partial charge in [0.1, 0.15) is 0 Å². The van der Waals surface area contributed by atoms with Gasteiger partial charge < -0.3 is 15.4 Å². The number of aromatic nitrogens is 1. The molecule has 4 heteroatoms. The summed E-state index contributed by atoms with van der Waals surface area (Å²) in [6, 6.07) is 8.05.